The van der Waals surface area contributed by atoms with E-state index < -0.39 is 0 Å². The molecule has 4 aromatic carbocycles. The van der Waals surface area contributed by atoms with E-state index in [1.54, 1.807) is 0 Å². The molecular weight excluding hydrogens is 376 g/mol. The first-order valence-corrected chi connectivity index (χ1v) is 11.1. The van der Waals surface area contributed by atoms with Crippen LogP contribution in [0.3, 0.4) is 0 Å². The minimum atomic E-state index is -0.0556. The summed E-state index contributed by atoms with van der Waals surface area (Å²) in [5.41, 5.74) is 4.99. The van der Waals surface area contributed by atoms with Gasteiger partial charge in [-0.25, -0.2) is 0 Å². The Balaban J connectivity index is 1.73. The van der Waals surface area contributed by atoms with Gasteiger partial charge in [0, 0.05) is 11.8 Å². The van der Waals surface area contributed by atoms with Gasteiger partial charge in [0.25, 0.3) is 0 Å². The molecule has 0 bridgehead atoms. The molecule has 1 nitrogen and oxygen atoms in total. The molecule has 1 heteroatoms. The van der Waals surface area contributed by atoms with Crippen molar-refractivity contribution < 1.29 is 4.74 Å². The van der Waals surface area contributed by atoms with E-state index in [4.69, 9.17) is 4.74 Å². The second-order valence-electron chi connectivity index (χ2n) is 8.20. The van der Waals surface area contributed by atoms with Crippen LogP contribution in [0.15, 0.2) is 121 Å². The van der Waals surface area contributed by atoms with Crippen LogP contribution in [0.4, 0.5) is 0 Å². The quantitative estimate of drug-likeness (QED) is 0.287. The fourth-order valence-corrected chi connectivity index (χ4v) is 4.28. The Bertz CT molecular complexity index is 942. The van der Waals surface area contributed by atoms with Gasteiger partial charge < -0.3 is 4.74 Å². The number of benzene rings is 4. The molecule has 0 aliphatic heterocycles. The zero-order chi connectivity index (χ0) is 21.5. The lowest BCUT2D eigenvalue weighted by atomic mass is 9.87. The average molecular weight is 407 g/mol. The first-order chi connectivity index (χ1) is 15.2. The third-order valence-corrected chi connectivity index (χ3v) is 6.11. The van der Waals surface area contributed by atoms with Gasteiger partial charge >= 0.3 is 0 Å². The molecule has 0 aliphatic carbocycles. The van der Waals surface area contributed by atoms with Crippen LogP contribution in [0.5, 0.6) is 0 Å². The number of rotatable bonds is 8. The highest BCUT2D eigenvalue weighted by molar-refractivity contribution is 5.29. The summed E-state index contributed by atoms with van der Waals surface area (Å²) in [6, 6.07) is 42.6. The maximum atomic E-state index is 7.06. The average Bonchev–Trinajstić information content (AvgIpc) is 2.86. The van der Waals surface area contributed by atoms with Gasteiger partial charge in [0.15, 0.2) is 0 Å². The molecule has 0 spiro atoms. The molecule has 0 aliphatic rings. The summed E-state index contributed by atoms with van der Waals surface area (Å²) in [6.45, 7) is 4.53. The maximum absolute atomic E-state index is 7.06. The van der Waals surface area contributed by atoms with E-state index >= 15 is 0 Å². The highest BCUT2D eigenvalue weighted by atomic mass is 16.5. The van der Waals surface area contributed by atoms with Gasteiger partial charge in [0.1, 0.15) is 0 Å². The molecule has 4 rings (SSSR count). The smallest absolute Gasteiger partial charge is 0.0899 e. The largest absolute Gasteiger partial charge is 0.364 e. The molecular formula is C30H30O. The summed E-state index contributed by atoms with van der Waals surface area (Å²) in [4.78, 5) is 0. The van der Waals surface area contributed by atoms with Gasteiger partial charge in [-0.3, -0.25) is 0 Å². The second-order valence-corrected chi connectivity index (χ2v) is 8.20. The Morgan fingerprint density at radius 3 is 0.935 bits per heavy atom. The molecule has 156 valence electrons. The van der Waals surface area contributed by atoms with Crippen molar-refractivity contribution in [3.63, 3.8) is 0 Å². The molecule has 0 fully saturated rings. The molecule has 0 aromatic heterocycles. The van der Waals surface area contributed by atoms with Crippen LogP contribution in [0, 0.1) is 0 Å². The third-order valence-electron chi connectivity index (χ3n) is 6.11. The van der Waals surface area contributed by atoms with Crippen LogP contribution in [-0.2, 0) is 4.74 Å². The minimum absolute atomic E-state index is 0.0556. The highest BCUT2D eigenvalue weighted by Crippen LogP contribution is 2.42. The Hall–Kier alpha value is -3.16. The van der Waals surface area contributed by atoms with Gasteiger partial charge in [0.2, 0.25) is 0 Å². The third kappa shape index (κ3) is 5.13. The molecule has 0 amide bonds. The summed E-state index contributed by atoms with van der Waals surface area (Å²) in [5, 5.41) is 0. The van der Waals surface area contributed by atoms with Crippen LogP contribution < -0.4 is 0 Å². The molecule has 0 heterocycles. The minimum Gasteiger partial charge on any atom is -0.364 e. The lowest BCUT2D eigenvalue weighted by molar-refractivity contribution is -0.0388. The van der Waals surface area contributed by atoms with Crippen molar-refractivity contribution >= 4 is 0 Å². The van der Waals surface area contributed by atoms with E-state index in [0.29, 0.717) is 0 Å². The van der Waals surface area contributed by atoms with Crippen molar-refractivity contribution in [2.24, 2.45) is 0 Å². The summed E-state index contributed by atoms with van der Waals surface area (Å²) in [7, 11) is 0. The molecule has 4 unspecified atom stereocenters. The second kappa shape index (κ2) is 10.2. The van der Waals surface area contributed by atoms with Crippen molar-refractivity contribution in [2.45, 2.75) is 37.9 Å². The van der Waals surface area contributed by atoms with E-state index in [9.17, 15) is 0 Å². The van der Waals surface area contributed by atoms with E-state index in [2.05, 4.69) is 135 Å². The van der Waals surface area contributed by atoms with Gasteiger partial charge in [-0.05, 0) is 22.3 Å². The predicted octanol–water partition coefficient (Wildman–Crippen LogP) is 8.09. The predicted molar refractivity (Wildman–Crippen MR) is 129 cm³/mol. The lowest BCUT2D eigenvalue weighted by Crippen LogP contribution is -2.20. The summed E-state index contributed by atoms with van der Waals surface area (Å²) in [5.74, 6) is 0.440. The highest BCUT2D eigenvalue weighted by Gasteiger charge is 2.29. The normalized spacial score (nSPS) is 15.0. The SMILES string of the molecule is CC(c1ccccc1)C(OC(c1ccccc1)C(C)c1ccccc1)c1ccccc1. The molecule has 0 radical (unpaired) electrons. The summed E-state index contributed by atoms with van der Waals surface area (Å²) < 4.78 is 7.06. The van der Waals surface area contributed by atoms with Crippen molar-refractivity contribution in [3.8, 4) is 0 Å². The van der Waals surface area contributed by atoms with Crippen LogP contribution in [0.1, 0.15) is 60.1 Å². The van der Waals surface area contributed by atoms with Crippen LogP contribution in [-0.4, -0.2) is 0 Å². The van der Waals surface area contributed by atoms with Gasteiger partial charge in [0.05, 0.1) is 12.2 Å². The first-order valence-electron chi connectivity index (χ1n) is 11.1. The molecule has 4 atom stereocenters. The zero-order valence-electron chi connectivity index (χ0n) is 18.3. The van der Waals surface area contributed by atoms with Crippen LogP contribution in [0.25, 0.3) is 0 Å². The fourth-order valence-electron chi connectivity index (χ4n) is 4.28. The zero-order valence-corrected chi connectivity index (χ0v) is 18.3. The van der Waals surface area contributed by atoms with E-state index in [-0.39, 0.29) is 24.0 Å². The van der Waals surface area contributed by atoms with Crippen molar-refractivity contribution in [3.05, 3.63) is 144 Å². The Morgan fingerprint density at radius 1 is 0.387 bits per heavy atom. The van der Waals surface area contributed by atoms with Gasteiger partial charge in [-0.2, -0.15) is 0 Å². The molecule has 0 saturated carbocycles. The van der Waals surface area contributed by atoms with Crippen LogP contribution in [0.2, 0.25) is 0 Å². The van der Waals surface area contributed by atoms with E-state index in [0.717, 1.165) is 0 Å². The van der Waals surface area contributed by atoms with Crippen molar-refractivity contribution in [1.82, 2.24) is 0 Å². The van der Waals surface area contributed by atoms with Crippen molar-refractivity contribution in [2.75, 3.05) is 0 Å². The Morgan fingerprint density at radius 2 is 0.645 bits per heavy atom. The van der Waals surface area contributed by atoms with Gasteiger partial charge in [-0.15, -0.1) is 0 Å². The number of hydrogen-bond donors (Lipinski definition) is 0. The first kappa shape index (κ1) is 21.1. The molecule has 4 aromatic rings. The molecule has 0 N–H and O–H groups in total. The Labute approximate surface area is 186 Å². The number of ether oxygens (including phenoxy) is 1. The summed E-state index contributed by atoms with van der Waals surface area (Å²) >= 11 is 0. The fraction of sp³-hybridized carbons (Fsp3) is 0.200. The monoisotopic (exact) mass is 406 g/mol. The standard InChI is InChI=1S/C30H30O/c1-23(25-15-7-3-8-16-25)29(27-19-11-5-12-20-27)31-30(28-21-13-6-14-22-28)24(2)26-17-9-4-10-18-26/h3-24,29-30H,1-2H3. The molecule has 31 heavy (non-hydrogen) atoms. The van der Waals surface area contributed by atoms with Gasteiger partial charge in [-0.1, -0.05) is 135 Å². The van der Waals surface area contributed by atoms with Crippen LogP contribution >= 0.6 is 0 Å². The maximum Gasteiger partial charge on any atom is 0.0899 e. The molecule has 0 saturated heterocycles. The topological polar surface area (TPSA) is 9.23 Å². The summed E-state index contributed by atoms with van der Waals surface area (Å²) in [6.07, 6.45) is -0.111. The number of hydrogen-bond acceptors (Lipinski definition) is 1. The lowest BCUT2D eigenvalue weighted by Gasteiger charge is -2.33. The van der Waals surface area contributed by atoms with Crippen molar-refractivity contribution in [1.29, 1.82) is 0 Å². The van der Waals surface area contributed by atoms with E-state index in [1.807, 2.05) is 0 Å². The Kier molecular flexibility index (Phi) is 6.96. The van der Waals surface area contributed by atoms with E-state index in [1.165, 1.54) is 22.3 Å².